The second-order valence-electron chi connectivity index (χ2n) is 5.82. The number of hydrazine groups is 1. The molecule has 0 radical (unpaired) electrons. The minimum absolute atomic E-state index is 0.307. The summed E-state index contributed by atoms with van der Waals surface area (Å²) in [5.74, 6) is 5.61. The molecule has 16 heavy (non-hydrogen) atoms. The lowest BCUT2D eigenvalue weighted by Crippen LogP contribution is -2.39. The van der Waals surface area contributed by atoms with Gasteiger partial charge in [-0.1, -0.05) is 50.6 Å². The third-order valence-corrected chi connectivity index (χ3v) is 2.70. The Morgan fingerprint density at radius 3 is 2.19 bits per heavy atom. The molecule has 0 aliphatic heterocycles. The van der Waals surface area contributed by atoms with E-state index >= 15 is 0 Å². The monoisotopic (exact) mass is 220 g/mol. The van der Waals surface area contributed by atoms with Crippen molar-refractivity contribution in [1.29, 1.82) is 0 Å². The van der Waals surface area contributed by atoms with Gasteiger partial charge in [-0.25, -0.2) is 0 Å². The second kappa shape index (κ2) is 5.46. The van der Waals surface area contributed by atoms with Crippen molar-refractivity contribution in [3.63, 3.8) is 0 Å². The molecule has 0 saturated carbocycles. The summed E-state index contributed by atoms with van der Waals surface area (Å²) >= 11 is 0. The molecule has 1 unspecified atom stereocenters. The van der Waals surface area contributed by atoms with Gasteiger partial charge < -0.3 is 0 Å². The van der Waals surface area contributed by atoms with Gasteiger partial charge in [0.05, 0.1) is 0 Å². The summed E-state index contributed by atoms with van der Waals surface area (Å²) in [5, 5.41) is 0. The molecule has 1 aromatic rings. The van der Waals surface area contributed by atoms with Crippen molar-refractivity contribution in [3.05, 3.63) is 35.4 Å². The van der Waals surface area contributed by atoms with Crippen LogP contribution in [-0.4, -0.2) is 6.04 Å². The molecular formula is C14H24N2. The number of rotatable bonds is 4. The minimum Gasteiger partial charge on any atom is -0.271 e. The zero-order valence-electron chi connectivity index (χ0n) is 10.9. The van der Waals surface area contributed by atoms with Crippen LogP contribution in [0.4, 0.5) is 0 Å². The van der Waals surface area contributed by atoms with E-state index in [-0.39, 0.29) is 0 Å². The summed E-state index contributed by atoms with van der Waals surface area (Å²) in [6.45, 7) is 8.84. The van der Waals surface area contributed by atoms with E-state index in [1.54, 1.807) is 0 Å². The van der Waals surface area contributed by atoms with Crippen molar-refractivity contribution in [1.82, 2.24) is 5.43 Å². The van der Waals surface area contributed by atoms with Crippen LogP contribution in [0.2, 0.25) is 0 Å². The summed E-state index contributed by atoms with van der Waals surface area (Å²) in [6.07, 6.45) is 2.07. The third-order valence-electron chi connectivity index (χ3n) is 2.70. The number of nitrogens with two attached hydrogens (primary N) is 1. The quantitative estimate of drug-likeness (QED) is 0.605. The van der Waals surface area contributed by atoms with E-state index in [4.69, 9.17) is 5.84 Å². The van der Waals surface area contributed by atoms with Gasteiger partial charge in [-0.05, 0) is 30.7 Å². The first kappa shape index (κ1) is 13.2. The zero-order chi connectivity index (χ0) is 12.2. The molecule has 1 atom stereocenters. The van der Waals surface area contributed by atoms with Crippen molar-refractivity contribution in [3.8, 4) is 0 Å². The van der Waals surface area contributed by atoms with Crippen molar-refractivity contribution < 1.29 is 0 Å². The molecule has 1 rings (SSSR count). The third kappa shape index (κ3) is 4.77. The molecule has 2 nitrogen and oxygen atoms in total. The second-order valence-corrected chi connectivity index (χ2v) is 5.82. The molecule has 0 bridgehead atoms. The zero-order valence-corrected chi connectivity index (χ0v) is 10.9. The molecule has 90 valence electrons. The topological polar surface area (TPSA) is 38.0 Å². The first-order valence-corrected chi connectivity index (χ1v) is 5.92. The number of nitrogens with one attached hydrogen (secondary N) is 1. The Kier molecular flexibility index (Phi) is 4.51. The maximum Gasteiger partial charge on any atom is 0.0255 e. The lowest BCUT2D eigenvalue weighted by molar-refractivity contribution is 0.308. The molecule has 0 aliphatic carbocycles. The van der Waals surface area contributed by atoms with Gasteiger partial charge in [0.1, 0.15) is 0 Å². The van der Waals surface area contributed by atoms with Crippen molar-refractivity contribution in [2.24, 2.45) is 11.3 Å². The first-order valence-electron chi connectivity index (χ1n) is 5.92. The fourth-order valence-corrected chi connectivity index (χ4v) is 1.94. The summed E-state index contributed by atoms with van der Waals surface area (Å²) in [6, 6.07) is 9.02. The Morgan fingerprint density at radius 1 is 1.19 bits per heavy atom. The van der Waals surface area contributed by atoms with Crippen LogP contribution in [0.25, 0.3) is 0 Å². The molecule has 0 fully saturated rings. The summed E-state index contributed by atoms with van der Waals surface area (Å²) < 4.78 is 0. The van der Waals surface area contributed by atoms with Gasteiger partial charge in [0.2, 0.25) is 0 Å². The molecule has 0 amide bonds. The van der Waals surface area contributed by atoms with Crippen LogP contribution in [0.1, 0.15) is 38.3 Å². The number of hydrogen-bond donors (Lipinski definition) is 2. The van der Waals surface area contributed by atoms with Crippen molar-refractivity contribution in [2.45, 2.75) is 46.6 Å². The van der Waals surface area contributed by atoms with E-state index in [0.717, 1.165) is 12.8 Å². The lowest BCUT2D eigenvalue weighted by atomic mass is 9.86. The Bertz CT molecular complexity index is 309. The van der Waals surface area contributed by atoms with Crippen LogP contribution in [0, 0.1) is 12.3 Å². The normalized spacial score (nSPS) is 13.8. The highest BCUT2D eigenvalue weighted by molar-refractivity contribution is 5.22. The molecule has 2 heteroatoms. The molecule has 1 aromatic carbocycles. The summed E-state index contributed by atoms with van der Waals surface area (Å²) in [5.41, 5.74) is 5.88. The van der Waals surface area contributed by atoms with Gasteiger partial charge in [-0.2, -0.15) is 0 Å². The van der Waals surface area contributed by atoms with Crippen LogP contribution in [0.15, 0.2) is 24.3 Å². The number of aryl methyl sites for hydroxylation is 1. The smallest absolute Gasteiger partial charge is 0.0255 e. The molecule has 0 saturated heterocycles. The predicted molar refractivity (Wildman–Crippen MR) is 70.1 cm³/mol. The Hall–Kier alpha value is -0.860. The molecular weight excluding hydrogens is 196 g/mol. The number of hydrogen-bond acceptors (Lipinski definition) is 2. The SMILES string of the molecule is Cc1ccc(CC(CC(C)(C)C)NN)cc1. The van der Waals surface area contributed by atoms with Crippen LogP contribution in [0.5, 0.6) is 0 Å². The van der Waals surface area contributed by atoms with E-state index in [1.807, 2.05) is 0 Å². The van der Waals surface area contributed by atoms with E-state index in [0.29, 0.717) is 11.5 Å². The Morgan fingerprint density at radius 2 is 1.75 bits per heavy atom. The average Bonchev–Trinajstić information content (AvgIpc) is 2.18. The van der Waals surface area contributed by atoms with Crippen LogP contribution >= 0.6 is 0 Å². The average molecular weight is 220 g/mol. The number of benzene rings is 1. The van der Waals surface area contributed by atoms with E-state index in [1.165, 1.54) is 11.1 Å². The summed E-state index contributed by atoms with van der Waals surface area (Å²) in [4.78, 5) is 0. The maximum atomic E-state index is 5.61. The highest BCUT2D eigenvalue weighted by Crippen LogP contribution is 2.22. The van der Waals surface area contributed by atoms with Gasteiger partial charge >= 0.3 is 0 Å². The maximum absolute atomic E-state index is 5.61. The van der Waals surface area contributed by atoms with Gasteiger partial charge in [-0.3, -0.25) is 11.3 Å². The van der Waals surface area contributed by atoms with Crippen LogP contribution < -0.4 is 11.3 Å². The van der Waals surface area contributed by atoms with E-state index < -0.39 is 0 Å². The predicted octanol–water partition coefficient (Wildman–Crippen LogP) is 2.81. The molecule has 0 aromatic heterocycles. The largest absolute Gasteiger partial charge is 0.271 e. The van der Waals surface area contributed by atoms with Crippen molar-refractivity contribution >= 4 is 0 Å². The van der Waals surface area contributed by atoms with Crippen LogP contribution in [0.3, 0.4) is 0 Å². The molecule has 0 aliphatic rings. The van der Waals surface area contributed by atoms with Gasteiger partial charge in [-0.15, -0.1) is 0 Å². The first-order chi connectivity index (χ1) is 7.40. The minimum atomic E-state index is 0.307. The lowest BCUT2D eigenvalue weighted by Gasteiger charge is -2.25. The molecule has 0 spiro atoms. The Labute approximate surface area is 99.2 Å². The standard InChI is InChI=1S/C14H24N2/c1-11-5-7-12(8-6-11)9-13(16-15)10-14(2,3)4/h5-8,13,16H,9-10,15H2,1-4H3. The van der Waals surface area contributed by atoms with E-state index in [2.05, 4.69) is 57.4 Å². The van der Waals surface area contributed by atoms with Crippen LogP contribution in [-0.2, 0) is 6.42 Å². The highest BCUT2D eigenvalue weighted by Gasteiger charge is 2.17. The van der Waals surface area contributed by atoms with Gasteiger partial charge in [0, 0.05) is 6.04 Å². The van der Waals surface area contributed by atoms with Crippen molar-refractivity contribution in [2.75, 3.05) is 0 Å². The molecule has 0 heterocycles. The summed E-state index contributed by atoms with van der Waals surface area (Å²) in [7, 11) is 0. The molecule has 3 N–H and O–H groups in total. The fourth-order valence-electron chi connectivity index (χ4n) is 1.94. The van der Waals surface area contributed by atoms with Gasteiger partial charge in [0.25, 0.3) is 0 Å². The Balaban J connectivity index is 2.60. The van der Waals surface area contributed by atoms with Gasteiger partial charge in [0.15, 0.2) is 0 Å². The van der Waals surface area contributed by atoms with E-state index in [9.17, 15) is 0 Å². The highest BCUT2D eigenvalue weighted by atomic mass is 15.2. The fraction of sp³-hybridized carbons (Fsp3) is 0.571.